The molecule has 0 aliphatic rings. The number of alkyl halides is 3. The van der Waals surface area contributed by atoms with Gasteiger partial charge in [-0.25, -0.2) is 9.78 Å². The number of rotatable bonds is 6. The second-order valence-corrected chi connectivity index (χ2v) is 7.08. The van der Waals surface area contributed by atoms with Crippen molar-refractivity contribution in [2.24, 2.45) is 0 Å². The number of halogens is 5. The van der Waals surface area contributed by atoms with Gasteiger partial charge in [0.1, 0.15) is 10.6 Å². The Labute approximate surface area is 171 Å². The summed E-state index contributed by atoms with van der Waals surface area (Å²) in [6.45, 7) is 2.71. The van der Waals surface area contributed by atoms with Gasteiger partial charge in [0.2, 0.25) is 0 Å². The third kappa shape index (κ3) is 5.49. The Morgan fingerprint density at radius 3 is 2.57 bits per heavy atom. The van der Waals surface area contributed by atoms with Gasteiger partial charge in [-0.2, -0.15) is 13.2 Å². The van der Waals surface area contributed by atoms with Crippen LogP contribution in [0, 0.1) is 0 Å². The Bertz CT molecular complexity index is 889. The highest BCUT2D eigenvalue weighted by molar-refractivity contribution is 7.17. The van der Waals surface area contributed by atoms with E-state index < -0.39 is 39.9 Å². The Morgan fingerprint density at radius 2 is 2.00 bits per heavy atom. The smallest absolute Gasteiger partial charge is 0.435 e. The average molecular weight is 457 g/mol. The van der Waals surface area contributed by atoms with E-state index in [2.05, 4.69) is 15.0 Å². The van der Waals surface area contributed by atoms with Crippen LogP contribution in [-0.4, -0.2) is 29.6 Å². The van der Waals surface area contributed by atoms with Gasteiger partial charge in [0, 0.05) is 5.02 Å². The van der Waals surface area contributed by atoms with E-state index in [9.17, 15) is 22.8 Å². The zero-order valence-corrected chi connectivity index (χ0v) is 16.7. The molecule has 1 amide bonds. The lowest BCUT2D eigenvalue weighted by atomic mass is 10.3. The van der Waals surface area contributed by atoms with E-state index in [0.29, 0.717) is 16.4 Å². The first kappa shape index (κ1) is 22.3. The number of thiazole rings is 1. The van der Waals surface area contributed by atoms with Gasteiger partial charge in [-0.05, 0) is 32.0 Å². The summed E-state index contributed by atoms with van der Waals surface area (Å²) in [5, 5.41) is 2.29. The molecule has 2 aromatic rings. The van der Waals surface area contributed by atoms with Crippen LogP contribution in [-0.2, 0) is 15.7 Å². The minimum atomic E-state index is -4.89. The first-order valence-corrected chi connectivity index (χ1v) is 9.27. The fourth-order valence-corrected chi connectivity index (χ4v) is 3.26. The number of nitrogens with one attached hydrogen (secondary N) is 1. The van der Waals surface area contributed by atoms with Crippen LogP contribution in [0.25, 0.3) is 0 Å². The Morgan fingerprint density at radius 1 is 1.32 bits per heavy atom. The van der Waals surface area contributed by atoms with Crippen molar-refractivity contribution in [2.75, 3.05) is 11.9 Å². The Hall–Kier alpha value is -2.04. The van der Waals surface area contributed by atoms with Crippen molar-refractivity contribution in [1.29, 1.82) is 0 Å². The largest absolute Gasteiger partial charge is 0.479 e. The molecule has 0 radical (unpaired) electrons. The molecule has 1 aromatic carbocycles. The maximum atomic E-state index is 13.1. The van der Waals surface area contributed by atoms with Gasteiger partial charge in [0.25, 0.3) is 5.91 Å². The minimum Gasteiger partial charge on any atom is -0.479 e. The standard InChI is InChI=1S/C16H13Cl2F3N2O4S/c1-3-26-14(25)11-12(16(19,20)21)22-15(28-11)23-13(24)7(2)27-10-5-4-8(17)6-9(10)18/h4-7H,3H2,1-2H3,(H,22,23,24). The van der Waals surface area contributed by atoms with Gasteiger partial charge >= 0.3 is 12.1 Å². The molecule has 0 bridgehead atoms. The van der Waals surface area contributed by atoms with Crippen LogP contribution in [0.2, 0.25) is 10.0 Å². The van der Waals surface area contributed by atoms with Crippen molar-refractivity contribution < 1.29 is 32.2 Å². The number of anilines is 1. The van der Waals surface area contributed by atoms with Gasteiger partial charge in [0.05, 0.1) is 11.6 Å². The molecular formula is C16H13Cl2F3N2O4S. The molecule has 0 saturated carbocycles. The van der Waals surface area contributed by atoms with Gasteiger partial charge in [0.15, 0.2) is 16.9 Å². The quantitative estimate of drug-likeness (QED) is 0.615. The summed E-state index contributed by atoms with van der Waals surface area (Å²) in [4.78, 5) is 26.5. The molecule has 12 heteroatoms. The van der Waals surface area contributed by atoms with Crippen molar-refractivity contribution in [3.63, 3.8) is 0 Å². The van der Waals surface area contributed by atoms with Crippen LogP contribution < -0.4 is 10.1 Å². The number of hydrogen-bond donors (Lipinski definition) is 1. The summed E-state index contributed by atoms with van der Waals surface area (Å²) < 4.78 is 49.3. The second-order valence-electron chi connectivity index (χ2n) is 5.24. The highest BCUT2D eigenvalue weighted by atomic mass is 35.5. The first-order chi connectivity index (χ1) is 13.0. The van der Waals surface area contributed by atoms with E-state index in [1.54, 1.807) is 0 Å². The predicted octanol–water partition coefficient (Wildman–Crippen LogP) is 5.05. The molecule has 1 unspecified atom stereocenters. The Balaban J connectivity index is 2.17. The Kier molecular flexibility index (Phi) is 7.13. The van der Waals surface area contributed by atoms with E-state index in [1.165, 1.54) is 32.0 Å². The van der Waals surface area contributed by atoms with Crippen molar-refractivity contribution in [3.05, 3.63) is 38.8 Å². The van der Waals surface area contributed by atoms with Crippen molar-refractivity contribution in [2.45, 2.75) is 26.1 Å². The van der Waals surface area contributed by atoms with E-state index in [1.807, 2.05) is 0 Å². The molecule has 152 valence electrons. The van der Waals surface area contributed by atoms with Crippen molar-refractivity contribution in [3.8, 4) is 5.75 Å². The molecule has 1 aromatic heterocycles. The maximum Gasteiger partial charge on any atom is 0.435 e. The van der Waals surface area contributed by atoms with Crippen molar-refractivity contribution in [1.82, 2.24) is 4.98 Å². The van der Waals surface area contributed by atoms with E-state index in [4.69, 9.17) is 27.9 Å². The number of esters is 1. The molecule has 1 heterocycles. The molecule has 0 aliphatic carbocycles. The SMILES string of the molecule is CCOC(=O)c1sc(NC(=O)C(C)Oc2ccc(Cl)cc2Cl)nc1C(F)(F)F. The lowest BCUT2D eigenvalue weighted by molar-refractivity contribution is -0.141. The fourth-order valence-electron chi connectivity index (χ4n) is 1.92. The van der Waals surface area contributed by atoms with Crippen LogP contribution in [0.1, 0.15) is 29.2 Å². The molecule has 2 rings (SSSR count). The summed E-state index contributed by atoms with van der Waals surface area (Å²) in [5.74, 6) is -1.80. The molecular weight excluding hydrogens is 444 g/mol. The minimum absolute atomic E-state index is 0.109. The lowest BCUT2D eigenvalue weighted by Gasteiger charge is -2.14. The number of nitrogens with zero attached hydrogens (tertiary/aromatic N) is 1. The molecule has 6 nitrogen and oxygen atoms in total. The highest BCUT2D eigenvalue weighted by Crippen LogP contribution is 2.36. The topological polar surface area (TPSA) is 77.5 Å². The number of ether oxygens (including phenoxy) is 2. The molecule has 0 aliphatic heterocycles. The summed E-state index contributed by atoms with van der Waals surface area (Å²) in [6.07, 6.45) is -6.01. The summed E-state index contributed by atoms with van der Waals surface area (Å²) >= 11 is 12.1. The maximum absolute atomic E-state index is 13.1. The van der Waals surface area contributed by atoms with Gasteiger partial charge in [-0.3, -0.25) is 10.1 Å². The molecule has 0 fully saturated rings. The second kappa shape index (κ2) is 8.97. The highest BCUT2D eigenvalue weighted by Gasteiger charge is 2.40. The lowest BCUT2D eigenvalue weighted by Crippen LogP contribution is -2.30. The molecule has 0 spiro atoms. The zero-order valence-electron chi connectivity index (χ0n) is 14.4. The van der Waals surface area contributed by atoms with Gasteiger partial charge in [-0.15, -0.1) is 0 Å². The van der Waals surface area contributed by atoms with Gasteiger partial charge in [-0.1, -0.05) is 34.5 Å². The summed E-state index contributed by atoms with van der Waals surface area (Å²) in [7, 11) is 0. The van der Waals surface area contributed by atoms with Crippen LogP contribution in [0.4, 0.5) is 18.3 Å². The number of carbonyl (C=O) groups excluding carboxylic acids is 2. The number of benzene rings is 1. The normalized spacial score (nSPS) is 12.4. The number of hydrogen-bond acceptors (Lipinski definition) is 6. The van der Waals surface area contributed by atoms with Crippen LogP contribution in [0.3, 0.4) is 0 Å². The van der Waals surface area contributed by atoms with Crippen LogP contribution >= 0.6 is 34.5 Å². The average Bonchev–Trinajstić information content (AvgIpc) is 3.02. The predicted molar refractivity (Wildman–Crippen MR) is 98.3 cm³/mol. The van der Waals surface area contributed by atoms with E-state index in [0.717, 1.165) is 0 Å². The zero-order chi connectivity index (χ0) is 21.1. The first-order valence-electron chi connectivity index (χ1n) is 7.70. The fraction of sp³-hybridized carbons (Fsp3) is 0.312. The monoisotopic (exact) mass is 456 g/mol. The number of carbonyl (C=O) groups is 2. The third-order valence-corrected chi connectivity index (χ3v) is 4.63. The van der Waals surface area contributed by atoms with Crippen LogP contribution in [0.5, 0.6) is 5.75 Å². The third-order valence-electron chi connectivity index (χ3n) is 3.15. The molecule has 1 N–H and O–H groups in total. The number of aromatic nitrogens is 1. The molecule has 1 atom stereocenters. The molecule has 28 heavy (non-hydrogen) atoms. The van der Waals surface area contributed by atoms with Crippen molar-refractivity contribution >= 4 is 51.5 Å². The molecule has 0 saturated heterocycles. The summed E-state index contributed by atoms with van der Waals surface area (Å²) in [6, 6.07) is 4.35. The summed E-state index contributed by atoms with van der Waals surface area (Å²) in [5.41, 5.74) is -1.43. The van der Waals surface area contributed by atoms with E-state index >= 15 is 0 Å². The van der Waals surface area contributed by atoms with Gasteiger partial charge < -0.3 is 9.47 Å². The number of amides is 1. The van der Waals surface area contributed by atoms with E-state index in [-0.39, 0.29) is 17.4 Å². The van der Waals surface area contributed by atoms with Crippen LogP contribution in [0.15, 0.2) is 18.2 Å².